The summed E-state index contributed by atoms with van der Waals surface area (Å²) in [6.45, 7) is 2.31. The Morgan fingerprint density at radius 2 is 1.81 bits per heavy atom. The van der Waals surface area contributed by atoms with Gasteiger partial charge in [-0.05, 0) is 12.8 Å². The Balaban J connectivity index is 1.79. The molecule has 26 heavy (non-hydrogen) atoms. The summed E-state index contributed by atoms with van der Waals surface area (Å²) in [5.74, 6) is 1.32. The minimum Gasteiger partial charge on any atom is -0.481 e. The van der Waals surface area contributed by atoms with Crippen LogP contribution in [0.1, 0.15) is 12.8 Å². The van der Waals surface area contributed by atoms with Gasteiger partial charge in [0.1, 0.15) is 0 Å². The Bertz CT molecular complexity index is 648. The van der Waals surface area contributed by atoms with Crippen LogP contribution in [0.3, 0.4) is 0 Å². The van der Waals surface area contributed by atoms with Crippen LogP contribution < -0.4 is 14.4 Å². The van der Waals surface area contributed by atoms with Crippen molar-refractivity contribution in [3.8, 4) is 11.8 Å². The van der Waals surface area contributed by atoms with Crippen molar-refractivity contribution in [2.24, 2.45) is 5.92 Å². The topological polar surface area (TPSA) is 91.3 Å². The van der Waals surface area contributed by atoms with Gasteiger partial charge in [-0.3, -0.25) is 0 Å². The molecule has 0 unspecified atom stereocenters. The summed E-state index contributed by atoms with van der Waals surface area (Å²) >= 11 is 0. The van der Waals surface area contributed by atoms with Crippen LogP contribution in [0.15, 0.2) is 6.07 Å². The fraction of sp³-hybridized carbons (Fsp3) is 0.706. The van der Waals surface area contributed by atoms with Gasteiger partial charge in [0, 0.05) is 46.2 Å². The van der Waals surface area contributed by atoms with E-state index in [0.717, 1.165) is 0 Å². The maximum Gasteiger partial charge on any atom is 0.319 e. The molecule has 9 heteroatoms. The third-order valence-electron chi connectivity index (χ3n) is 5.29. The minimum atomic E-state index is -0.747. The first-order chi connectivity index (χ1) is 12.4. The van der Waals surface area contributed by atoms with Gasteiger partial charge in [0.2, 0.25) is 17.7 Å². The molecule has 2 amide bonds. The molecule has 2 fully saturated rings. The Morgan fingerprint density at radius 1 is 1.19 bits per heavy atom. The third kappa shape index (κ3) is 3.48. The standard InChI is InChI=1S/C17H27N5O4/c1-20(2)16(23)22-8-6-17(24)5-7-21(10-12(17)11-22)15-18-13(25-3)9-14(19-15)26-4/h9,12,24H,5-8,10-11H2,1-4H3/t12-,17-/m1/s1. The molecule has 0 aromatic carbocycles. The van der Waals surface area contributed by atoms with E-state index in [1.807, 2.05) is 4.90 Å². The zero-order valence-electron chi connectivity index (χ0n) is 15.8. The van der Waals surface area contributed by atoms with Gasteiger partial charge < -0.3 is 29.3 Å². The lowest BCUT2D eigenvalue weighted by atomic mass is 9.76. The van der Waals surface area contributed by atoms with Crippen molar-refractivity contribution in [1.29, 1.82) is 0 Å². The number of aromatic nitrogens is 2. The Morgan fingerprint density at radius 3 is 2.38 bits per heavy atom. The number of likely N-dealkylation sites (tertiary alicyclic amines) is 1. The zero-order valence-corrected chi connectivity index (χ0v) is 15.8. The van der Waals surface area contributed by atoms with Crippen molar-refractivity contribution in [1.82, 2.24) is 19.8 Å². The lowest BCUT2D eigenvalue weighted by Gasteiger charge is -2.50. The highest BCUT2D eigenvalue weighted by molar-refractivity contribution is 5.74. The molecule has 0 aliphatic carbocycles. The number of aliphatic hydroxyl groups is 1. The molecule has 0 saturated carbocycles. The lowest BCUT2D eigenvalue weighted by molar-refractivity contribution is -0.0762. The number of fused-ring (bicyclic) bond motifs is 1. The van der Waals surface area contributed by atoms with E-state index in [1.54, 1.807) is 44.2 Å². The fourth-order valence-corrected chi connectivity index (χ4v) is 3.68. The molecule has 2 saturated heterocycles. The first-order valence-electron chi connectivity index (χ1n) is 8.77. The molecule has 144 valence electrons. The van der Waals surface area contributed by atoms with Crippen molar-refractivity contribution in [3.63, 3.8) is 0 Å². The molecule has 3 rings (SSSR count). The maximum atomic E-state index is 12.3. The highest BCUT2D eigenvalue weighted by atomic mass is 16.5. The van der Waals surface area contributed by atoms with E-state index in [-0.39, 0.29) is 11.9 Å². The van der Waals surface area contributed by atoms with Gasteiger partial charge in [-0.15, -0.1) is 0 Å². The molecule has 0 radical (unpaired) electrons. The zero-order chi connectivity index (χ0) is 18.9. The van der Waals surface area contributed by atoms with Crippen LogP contribution >= 0.6 is 0 Å². The Kier molecular flexibility index (Phi) is 5.08. The summed E-state index contributed by atoms with van der Waals surface area (Å²) in [4.78, 5) is 26.5. The van der Waals surface area contributed by atoms with Gasteiger partial charge in [0.15, 0.2) is 0 Å². The van der Waals surface area contributed by atoms with Crippen LogP contribution in [-0.4, -0.2) is 91.0 Å². The summed E-state index contributed by atoms with van der Waals surface area (Å²) < 4.78 is 10.4. The smallest absolute Gasteiger partial charge is 0.319 e. The van der Waals surface area contributed by atoms with Crippen LogP contribution in [0.4, 0.5) is 10.7 Å². The summed E-state index contributed by atoms with van der Waals surface area (Å²) in [6.07, 6.45) is 1.21. The lowest BCUT2D eigenvalue weighted by Crippen LogP contribution is -2.61. The number of nitrogens with zero attached hydrogens (tertiary/aromatic N) is 5. The Hall–Kier alpha value is -2.29. The second-order valence-corrected chi connectivity index (χ2v) is 7.12. The molecule has 1 aromatic heterocycles. The molecule has 0 spiro atoms. The molecule has 2 aliphatic heterocycles. The van der Waals surface area contributed by atoms with E-state index >= 15 is 0 Å². The highest BCUT2D eigenvalue weighted by Crippen LogP contribution is 2.37. The monoisotopic (exact) mass is 365 g/mol. The quantitative estimate of drug-likeness (QED) is 0.831. The van der Waals surface area contributed by atoms with Crippen LogP contribution in [0, 0.1) is 5.92 Å². The molecule has 2 aliphatic rings. The minimum absolute atomic E-state index is 0.0246. The normalized spacial score (nSPS) is 25.5. The third-order valence-corrected chi connectivity index (χ3v) is 5.29. The first-order valence-corrected chi connectivity index (χ1v) is 8.77. The van der Waals surface area contributed by atoms with Gasteiger partial charge in [0.25, 0.3) is 0 Å². The molecule has 1 N–H and O–H groups in total. The molecule has 0 bridgehead atoms. The van der Waals surface area contributed by atoms with E-state index in [9.17, 15) is 9.90 Å². The van der Waals surface area contributed by atoms with Gasteiger partial charge in [-0.25, -0.2) is 4.79 Å². The van der Waals surface area contributed by atoms with Crippen molar-refractivity contribution >= 4 is 12.0 Å². The number of urea groups is 1. The molecule has 2 atom stereocenters. The molecular formula is C17H27N5O4. The van der Waals surface area contributed by atoms with Crippen LogP contribution in [-0.2, 0) is 0 Å². The number of piperidine rings is 2. The van der Waals surface area contributed by atoms with Crippen molar-refractivity contribution in [3.05, 3.63) is 6.07 Å². The van der Waals surface area contributed by atoms with Crippen molar-refractivity contribution < 1.29 is 19.4 Å². The fourth-order valence-electron chi connectivity index (χ4n) is 3.68. The van der Waals surface area contributed by atoms with Crippen LogP contribution in [0.2, 0.25) is 0 Å². The first kappa shape index (κ1) is 18.5. The Labute approximate surface area is 153 Å². The molecular weight excluding hydrogens is 338 g/mol. The molecule has 1 aromatic rings. The second kappa shape index (κ2) is 7.14. The number of carbonyl (C=O) groups is 1. The largest absolute Gasteiger partial charge is 0.481 e. The summed E-state index contributed by atoms with van der Waals surface area (Å²) in [5, 5.41) is 11.0. The van der Waals surface area contributed by atoms with Gasteiger partial charge in [0.05, 0.1) is 25.9 Å². The molecule has 3 heterocycles. The number of ether oxygens (including phenoxy) is 2. The van der Waals surface area contributed by atoms with Gasteiger partial charge >= 0.3 is 6.03 Å². The number of anilines is 1. The number of amides is 2. The van der Waals surface area contributed by atoms with E-state index in [0.29, 0.717) is 56.7 Å². The SMILES string of the molecule is COc1cc(OC)nc(N2CC[C@@]3(O)CCN(C(=O)N(C)C)C[C@H]3C2)n1. The van der Waals surface area contributed by atoms with E-state index in [2.05, 4.69) is 9.97 Å². The van der Waals surface area contributed by atoms with E-state index < -0.39 is 5.60 Å². The number of carbonyl (C=O) groups excluding carboxylic acids is 1. The highest BCUT2D eigenvalue weighted by Gasteiger charge is 2.46. The number of hydrogen-bond donors (Lipinski definition) is 1. The number of rotatable bonds is 3. The van der Waals surface area contributed by atoms with Crippen molar-refractivity contribution in [2.45, 2.75) is 18.4 Å². The predicted molar refractivity (Wildman–Crippen MR) is 95.7 cm³/mol. The maximum absolute atomic E-state index is 12.3. The van der Waals surface area contributed by atoms with Crippen LogP contribution in [0.25, 0.3) is 0 Å². The average Bonchev–Trinajstić information content (AvgIpc) is 2.65. The average molecular weight is 365 g/mol. The van der Waals surface area contributed by atoms with Gasteiger partial charge in [-0.2, -0.15) is 9.97 Å². The van der Waals surface area contributed by atoms with E-state index in [4.69, 9.17) is 9.47 Å². The van der Waals surface area contributed by atoms with Gasteiger partial charge in [-0.1, -0.05) is 0 Å². The van der Waals surface area contributed by atoms with E-state index in [1.165, 1.54) is 0 Å². The molecule has 9 nitrogen and oxygen atoms in total. The van der Waals surface area contributed by atoms with Crippen molar-refractivity contribution in [2.75, 3.05) is 59.4 Å². The summed E-state index contributed by atoms with van der Waals surface area (Å²) in [6, 6.07) is 1.60. The summed E-state index contributed by atoms with van der Waals surface area (Å²) in [7, 11) is 6.58. The second-order valence-electron chi connectivity index (χ2n) is 7.12. The predicted octanol–water partition coefficient (Wildman–Crippen LogP) is 0.439. The number of hydrogen-bond acceptors (Lipinski definition) is 7. The summed E-state index contributed by atoms with van der Waals surface area (Å²) in [5.41, 5.74) is -0.747. The van der Waals surface area contributed by atoms with Crippen LogP contribution in [0.5, 0.6) is 11.8 Å². The number of methoxy groups -OCH3 is 2.